The van der Waals surface area contributed by atoms with E-state index in [1.54, 1.807) is 0 Å². The van der Waals surface area contributed by atoms with Gasteiger partial charge in [0.2, 0.25) is 0 Å². The third-order valence-corrected chi connectivity index (χ3v) is 1.19. The Morgan fingerprint density at radius 2 is 1.82 bits per heavy atom. The van der Waals surface area contributed by atoms with Gasteiger partial charge in [-0.15, -0.1) is 0 Å². The Morgan fingerprint density at radius 1 is 1.45 bits per heavy atom. The Bertz CT molecular complexity index is 107. The minimum Gasteiger partial charge on any atom is -0.469 e. The number of aliphatic hydroxyl groups excluding tert-OH is 1. The van der Waals surface area contributed by atoms with Crippen LogP contribution in [0.2, 0.25) is 0 Å². The maximum atomic E-state index is 8.83. The monoisotopic (exact) mass is 182 g/mol. The van der Waals surface area contributed by atoms with Gasteiger partial charge in [-0.1, -0.05) is 0 Å². The summed E-state index contributed by atoms with van der Waals surface area (Å²) in [4.78, 5) is 8.77. The summed E-state index contributed by atoms with van der Waals surface area (Å²) in [6.07, 6.45) is 1.55. The normalized spacial score (nSPS) is 18.4. The van der Waals surface area contributed by atoms with Crippen LogP contribution >= 0.6 is 11.6 Å². The van der Waals surface area contributed by atoms with Crippen molar-refractivity contribution in [3.63, 3.8) is 0 Å². The van der Waals surface area contributed by atoms with Crippen LogP contribution in [0.5, 0.6) is 0 Å². The average Bonchev–Trinajstić information content (AvgIpc) is 1.87. The fourth-order valence-corrected chi connectivity index (χ4v) is 0.685. The van der Waals surface area contributed by atoms with E-state index >= 15 is 0 Å². The van der Waals surface area contributed by atoms with E-state index in [1.807, 2.05) is 0 Å². The first-order valence-corrected chi connectivity index (χ1v) is 3.65. The number of halogens is 1. The van der Waals surface area contributed by atoms with Crippen LogP contribution in [0.1, 0.15) is 12.8 Å². The van der Waals surface area contributed by atoms with Gasteiger partial charge in [-0.2, -0.15) is 0 Å². The fraction of sp³-hybridized carbons (Fsp3) is 0.833. The zero-order chi connectivity index (χ0) is 8.69. The summed E-state index contributed by atoms with van der Waals surface area (Å²) < 4.78 is 4.98. The van der Waals surface area contributed by atoms with Crippen LogP contribution in [0.25, 0.3) is 0 Å². The van der Waals surface area contributed by atoms with Crippen molar-refractivity contribution in [2.45, 2.75) is 18.9 Å². The number of rotatable bonds is 0. The summed E-state index contributed by atoms with van der Waals surface area (Å²) in [5, 5.41) is 16.0. The Hall–Kier alpha value is -0.320. The Kier molecular flexibility index (Phi) is 6.21. The summed E-state index contributed by atoms with van der Waals surface area (Å²) in [5.41, 5.74) is -1.36. The lowest BCUT2D eigenvalue weighted by Gasteiger charge is -2.15. The van der Waals surface area contributed by atoms with Crippen molar-refractivity contribution >= 4 is 17.0 Å². The molecule has 11 heavy (non-hydrogen) atoms. The van der Waals surface area contributed by atoms with E-state index in [2.05, 4.69) is 11.6 Å². The van der Waals surface area contributed by atoms with E-state index < -0.39 is 5.43 Å². The third-order valence-electron chi connectivity index (χ3n) is 1.19. The molecule has 1 aliphatic rings. The number of hydrogen-bond donors (Lipinski definition) is 2. The molecule has 1 heterocycles. The highest BCUT2D eigenvalue weighted by atomic mass is 35.5. The maximum Gasteiger partial charge on any atom is 0.401 e. The van der Waals surface area contributed by atoms with Gasteiger partial charge in [-0.05, 0) is 12.8 Å². The van der Waals surface area contributed by atoms with Gasteiger partial charge < -0.3 is 14.9 Å². The van der Waals surface area contributed by atoms with Crippen LogP contribution in [0.4, 0.5) is 4.79 Å². The molecular formula is C6H11ClO4. The molecule has 0 bridgehead atoms. The molecule has 0 amide bonds. The summed E-state index contributed by atoms with van der Waals surface area (Å²) in [5.74, 6) is 0. The number of ether oxygens (including phenoxy) is 1. The standard InChI is InChI=1S/C5H10O2.CHClO2/c6-5-1-3-7-4-2-5;2-1(3)4/h5-6H,1-4H2;(H,3,4). The molecule has 1 fully saturated rings. The number of carbonyl (C=O) groups is 1. The maximum absolute atomic E-state index is 8.83. The molecule has 1 rings (SSSR count). The highest BCUT2D eigenvalue weighted by Gasteiger charge is 2.07. The minimum atomic E-state index is -1.36. The Morgan fingerprint density at radius 3 is 2.00 bits per heavy atom. The van der Waals surface area contributed by atoms with E-state index in [0.29, 0.717) is 0 Å². The molecule has 0 radical (unpaired) electrons. The van der Waals surface area contributed by atoms with Gasteiger partial charge in [-0.3, -0.25) is 0 Å². The van der Waals surface area contributed by atoms with E-state index in [0.717, 1.165) is 26.1 Å². The predicted molar refractivity (Wildman–Crippen MR) is 39.9 cm³/mol. The molecule has 0 atom stereocenters. The highest BCUT2D eigenvalue weighted by Crippen LogP contribution is 2.04. The molecule has 0 aromatic heterocycles. The molecule has 0 saturated carbocycles. The van der Waals surface area contributed by atoms with E-state index in [4.69, 9.17) is 19.7 Å². The van der Waals surface area contributed by atoms with Gasteiger partial charge in [0.15, 0.2) is 0 Å². The largest absolute Gasteiger partial charge is 0.469 e. The third kappa shape index (κ3) is 9.68. The SMILES string of the molecule is O=C(O)Cl.OC1CCOCC1. The highest BCUT2D eigenvalue weighted by molar-refractivity contribution is 6.60. The molecule has 0 aromatic rings. The van der Waals surface area contributed by atoms with Crippen LogP contribution in [0.15, 0.2) is 0 Å². The van der Waals surface area contributed by atoms with Crippen molar-refractivity contribution in [3.8, 4) is 0 Å². The first kappa shape index (κ1) is 10.7. The molecule has 1 aliphatic heterocycles. The van der Waals surface area contributed by atoms with Crippen LogP contribution in [0.3, 0.4) is 0 Å². The molecule has 5 heteroatoms. The van der Waals surface area contributed by atoms with Crippen molar-refractivity contribution in [2.75, 3.05) is 13.2 Å². The molecule has 0 aliphatic carbocycles. The van der Waals surface area contributed by atoms with Crippen molar-refractivity contribution in [2.24, 2.45) is 0 Å². The lowest BCUT2D eigenvalue weighted by Crippen LogP contribution is -2.19. The lowest BCUT2D eigenvalue weighted by molar-refractivity contribution is 0.0140. The van der Waals surface area contributed by atoms with E-state index in [-0.39, 0.29) is 6.10 Å². The lowest BCUT2D eigenvalue weighted by atomic mass is 10.2. The van der Waals surface area contributed by atoms with Gasteiger partial charge in [-0.25, -0.2) is 4.79 Å². The predicted octanol–water partition coefficient (Wildman–Crippen LogP) is 1.06. The topological polar surface area (TPSA) is 66.8 Å². The molecule has 2 N–H and O–H groups in total. The van der Waals surface area contributed by atoms with Crippen molar-refractivity contribution in [1.82, 2.24) is 0 Å². The fourth-order valence-electron chi connectivity index (χ4n) is 0.685. The summed E-state index contributed by atoms with van der Waals surface area (Å²) in [6, 6.07) is 0. The van der Waals surface area contributed by atoms with Crippen molar-refractivity contribution in [3.05, 3.63) is 0 Å². The first-order chi connectivity index (χ1) is 5.13. The number of hydrogen-bond acceptors (Lipinski definition) is 3. The van der Waals surface area contributed by atoms with Crippen LogP contribution in [-0.2, 0) is 4.74 Å². The number of carboxylic acid groups (broad SMARTS) is 1. The van der Waals surface area contributed by atoms with Gasteiger partial charge >= 0.3 is 5.43 Å². The molecule has 0 aromatic carbocycles. The van der Waals surface area contributed by atoms with Gasteiger partial charge in [0.25, 0.3) is 0 Å². The summed E-state index contributed by atoms with van der Waals surface area (Å²) >= 11 is 4.19. The second kappa shape index (κ2) is 6.39. The minimum absolute atomic E-state index is 0.0891. The number of aliphatic hydroxyl groups is 1. The summed E-state index contributed by atoms with van der Waals surface area (Å²) in [7, 11) is 0. The van der Waals surface area contributed by atoms with Crippen molar-refractivity contribution < 1.29 is 19.7 Å². The van der Waals surface area contributed by atoms with Crippen LogP contribution < -0.4 is 0 Å². The van der Waals surface area contributed by atoms with Gasteiger partial charge in [0.05, 0.1) is 6.10 Å². The molecule has 1 saturated heterocycles. The van der Waals surface area contributed by atoms with Crippen molar-refractivity contribution in [1.29, 1.82) is 0 Å². The molecular weight excluding hydrogens is 172 g/mol. The Labute approximate surface area is 69.7 Å². The smallest absolute Gasteiger partial charge is 0.401 e. The quantitative estimate of drug-likeness (QED) is 0.550. The van der Waals surface area contributed by atoms with Crippen LogP contribution in [-0.4, -0.2) is 35.0 Å². The second-order valence-electron chi connectivity index (χ2n) is 2.10. The molecule has 66 valence electrons. The van der Waals surface area contributed by atoms with E-state index in [1.165, 1.54) is 0 Å². The van der Waals surface area contributed by atoms with Crippen LogP contribution in [0, 0.1) is 0 Å². The average molecular weight is 183 g/mol. The molecule has 0 unspecified atom stereocenters. The molecule has 0 spiro atoms. The molecule has 4 nitrogen and oxygen atoms in total. The van der Waals surface area contributed by atoms with E-state index in [9.17, 15) is 0 Å². The van der Waals surface area contributed by atoms with Gasteiger partial charge in [0.1, 0.15) is 0 Å². The zero-order valence-corrected chi connectivity index (χ0v) is 6.75. The second-order valence-corrected chi connectivity index (χ2v) is 2.42. The first-order valence-electron chi connectivity index (χ1n) is 3.27. The Balaban J connectivity index is 0.000000218. The summed E-state index contributed by atoms with van der Waals surface area (Å²) in [6.45, 7) is 1.47. The zero-order valence-electron chi connectivity index (χ0n) is 5.99. The van der Waals surface area contributed by atoms with Gasteiger partial charge in [0, 0.05) is 24.8 Å².